The molecule has 0 atom stereocenters. The number of anilines is 1. The van der Waals surface area contributed by atoms with Crippen molar-refractivity contribution in [2.45, 2.75) is 13.3 Å². The lowest BCUT2D eigenvalue weighted by Gasteiger charge is -2.35. The zero-order chi connectivity index (χ0) is 26.2. The van der Waals surface area contributed by atoms with Gasteiger partial charge >= 0.3 is 0 Å². The van der Waals surface area contributed by atoms with Crippen LogP contribution in [0.1, 0.15) is 11.1 Å². The van der Waals surface area contributed by atoms with Gasteiger partial charge < -0.3 is 14.5 Å². The maximum absolute atomic E-state index is 13.1. The van der Waals surface area contributed by atoms with Gasteiger partial charge in [0.2, 0.25) is 11.9 Å². The maximum atomic E-state index is 13.1. The fourth-order valence-corrected chi connectivity index (χ4v) is 5.17. The summed E-state index contributed by atoms with van der Waals surface area (Å²) in [4.78, 5) is 22.2. The third kappa shape index (κ3) is 4.52. The number of hydrogen-bond acceptors (Lipinski definition) is 6. The Morgan fingerprint density at radius 3 is 2.58 bits per heavy atom. The average molecular weight is 527 g/mol. The molecule has 1 amide bonds. The highest BCUT2D eigenvalue weighted by Crippen LogP contribution is 2.30. The van der Waals surface area contributed by atoms with Crippen LogP contribution in [0.25, 0.3) is 27.9 Å². The van der Waals surface area contributed by atoms with Crippen LogP contribution >= 0.6 is 11.6 Å². The van der Waals surface area contributed by atoms with Crippen LogP contribution in [0, 0.1) is 6.92 Å². The quantitative estimate of drug-likeness (QED) is 0.327. The van der Waals surface area contributed by atoms with E-state index in [9.17, 15) is 4.79 Å². The number of methoxy groups -OCH3 is 1. The van der Waals surface area contributed by atoms with Gasteiger partial charge in [-0.15, -0.1) is 10.2 Å². The molecule has 3 aromatic carbocycles. The summed E-state index contributed by atoms with van der Waals surface area (Å²) in [6.45, 7) is 4.54. The normalized spacial score (nSPS) is 13.9. The van der Waals surface area contributed by atoms with E-state index >= 15 is 0 Å². The van der Waals surface area contributed by atoms with Gasteiger partial charge in [-0.05, 0) is 48.9 Å². The van der Waals surface area contributed by atoms with Crippen LogP contribution in [0.15, 0.2) is 66.7 Å². The fraction of sp³-hybridized carbons (Fsp3) is 0.241. The number of benzene rings is 3. The maximum Gasteiger partial charge on any atom is 0.227 e. The Balaban J connectivity index is 1.32. The number of piperazine rings is 1. The van der Waals surface area contributed by atoms with E-state index < -0.39 is 0 Å². The van der Waals surface area contributed by atoms with E-state index in [0.717, 1.165) is 50.8 Å². The van der Waals surface area contributed by atoms with Crippen molar-refractivity contribution in [3.05, 3.63) is 82.9 Å². The molecule has 38 heavy (non-hydrogen) atoms. The molecule has 1 aliphatic rings. The molecule has 192 valence electrons. The minimum Gasteiger partial charge on any atom is -0.497 e. The van der Waals surface area contributed by atoms with E-state index in [0.29, 0.717) is 37.6 Å². The van der Waals surface area contributed by atoms with E-state index in [1.807, 2.05) is 63.9 Å². The number of aromatic nitrogens is 4. The molecule has 8 nitrogen and oxygen atoms in total. The first kappa shape index (κ1) is 24.2. The van der Waals surface area contributed by atoms with Gasteiger partial charge in [-0.25, -0.2) is 9.38 Å². The topological polar surface area (TPSA) is 75.9 Å². The molecule has 0 unspecified atom stereocenters. The van der Waals surface area contributed by atoms with Crippen molar-refractivity contribution in [3.8, 4) is 17.1 Å². The average Bonchev–Trinajstić information content (AvgIpc) is 3.38. The molecule has 1 saturated heterocycles. The molecule has 0 aliphatic carbocycles. The van der Waals surface area contributed by atoms with Gasteiger partial charge in [0.25, 0.3) is 0 Å². The lowest BCUT2D eigenvalue weighted by Crippen LogP contribution is -2.50. The molecule has 0 bridgehead atoms. The van der Waals surface area contributed by atoms with Crippen molar-refractivity contribution in [2.75, 3.05) is 38.2 Å². The molecule has 6 rings (SSSR count). The summed E-state index contributed by atoms with van der Waals surface area (Å²) >= 11 is 6.32. The van der Waals surface area contributed by atoms with Crippen LogP contribution in [0.2, 0.25) is 5.02 Å². The van der Waals surface area contributed by atoms with E-state index in [4.69, 9.17) is 21.3 Å². The second-order valence-corrected chi connectivity index (χ2v) is 9.96. The first-order valence-electron chi connectivity index (χ1n) is 12.6. The van der Waals surface area contributed by atoms with Gasteiger partial charge in [-0.3, -0.25) is 4.79 Å². The zero-order valence-corrected chi connectivity index (χ0v) is 22.0. The van der Waals surface area contributed by atoms with Gasteiger partial charge in [0.05, 0.1) is 19.0 Å². The SMILES string of the molecule is COc1cccc(CC(=O)N2CCN(c3nc4cc(Cl)ccc4c4nnc(-c5cccc(C)c5)n34)CC2)c1. The minimum atomic E-state index is 0.103. The number of ether oxygens (including phenoxy) is 1. The smallest absolute Gasteiger partial charge is 0.227 e. The minimum absolute atomic E-state index is 0.103. The number of rotatable bonds is 5. The summed E-state index contributed by atoms with van der Waals surface area (Å²) in [5, 5.41) is 10.7. The van der Waals surface area contributed by atoms with E-state index in [2.05, 4.69) is 34.2 Å². The number of nitrogens with zero attached hydrogens (tertiary/aromatic N) is 6. The molecular weight excluding hydrogens is 500 g/mol. The molecule has 1 fully saturated rings. The van der Waals surface area contributed by atoms with E-state index in [-0.39, 0.29) is 5.91 Å². The molecule has 0 radical (unpaired) electrons. The highest BCUT2D eigenvalue weighted by Gasteiger charge is 2.26. The van der Waals surface area contributed by atoms with Gasteiger partial charge in [-0.2, -0.15) is 0 Å². The summed E-state index contributed by atoms with van der Waals surface area (Å²) in [6.07, 6.45) is 0.344. The lowest BCUT2D eigenvalue weighted by atomic mass is 10.1. The number of fused-ring (bicyclic) bond motifs is 3. The molecule has 0 N–H and O–H groups in total. The molecule has 0 saturated carbocycles. The molecule has 0 spiro atoms. The standard InChI is InChI=1S/C29H27ClN6O2/c1-19-5-3-7-21(15-19)27-32-33-28-24-10-9-22(30)18-25(24)31-29(36(27)28)35-13-11-34(12-14-35)26(37)17-20-6-4-8-23(16-20)38-2/h3-10,15-16,18H,11-14,17H2,1-2H3. The first-order valence-corrected chi connectivity index (χ1v) is 12.9. The predicted octanol–water partition coefficient (Wildman–Crippen LogP) is 4.81. The molecule has 3 heterocycles. The Morgan fingerprint density at radius 1 is 0.974 bits per heavy atom. The monoisotopic (exact) mass is 526 g/mol. The molecule has 2 aromatic heterocycles. The van der Waals surface area contributed by atoms with E-state index in [1.54, 1.807) is 7.11 Å². The fourth-order valence-electron chi connectivity index (χ4n) is 5.00. The van der Waals surface area contributed by atoms with Crippen molar-refractivity contribution in [3.63, 3.8) is 0 Å². The number of amides is 1. The van der Waals surface area contributed by atoms with Crippen molar-refractivity contribution < 1.29 is 9.53 Å². The Hall–Kier alpha value is -4.17. The summed E-state index contributed by atoms with van der Waals surface area (Å²) in [5.41, 5.74) is 4.55. The number of halogens is 1. The zero-order valence-electron chi connectivity index (χ0n) is 21.3. The molecule has 1 aliphatic heterocycles. The van der Waals surface area contributed by atoms with E-state index in [1.165, 1.54) is 0 Å². The highest BCUT2D eigenvalue weighted by molar-refractivity contribution is 6.31. The summed E-state index contributed by atoms with van der Waals surface area (Å²) in [7, 11) is 1.63. The van der Waals surface area contributed by atoms with Gasteiger partial charge in [0.1, 0.15) is 5.75 Å². The van der Waals surface area contributed by atoms with Crippen molar-refractivity contribution >= 4 is 40.0 Å². The number of carbonyl (C=O) groups excluding carboxylic acids is 1. The van der Waals surface area contributed by atoms with Crippen molar-refractivity contribution in [2.24, 2.45) is 0 Å². The molecule has 9 heteroatoms. The lowest BCUT2D eigenvalue weighted by molar-refractivity contribution is -0.130. The van der Waals surface area contributed by atoms with Crippen LogP contribution in [-0.4, -0.2) is 63.7 Å². The highest BCUT2D eigenvalue weighted by atomic mass is 35.5. The Morgan fingerprint density at radius 2 is 1.79 bits per heavy atom. The second-order valence-electron chi connectivity index (χ2n) is 9.52. The number of carbonyl (C=O) groups is 1. The third-order valence-electron chi connectivity index (χ3n) is 6.97. The van der Waals surface area contributed by atoms with Crippen LogP contribution in [0.5, 0.6) is 5.75 Å². The summed E-state index contributed by atoms with van der Waals surface area (Å²) in [6, 6.07) is 21.5. The molecular formula is C29H27ClN6O2. The Labute approximate surface area is 225 Å². The summed E-state index contributed by atoms with van der Waals surface area (Å²) in [5.74, 6) is 2.34. The first-order chi connectivity index (χ1) is 18.5. The largest absolute Gasteiger partial charge is 0.497 e. The van der Waals surface area contributed by atoms with Crippen LogP contribution < -0.4 is 9.64 Å². The van der Waals surface area contributed by atoms with Crippen molar-refractivity contribution in [1.82, 2.24) is 24.5 Å². The molecule has 5 aromatic rings. The van der Waals surface area contributed by atoms with Crippen LogP contribution in [-0.2, 0) is 11.2 Å². The van der Waals surface area contributed by atoms with Gasteiger partial charge in [0, 0.05) is 42.2 Å². The second kappa shape index (κ2) is 9.95. The predicted molar refractivity (Wildman–Crippen MR) is 149 cm³/mol. The van der Waals surface area contributed by atoms with Gasteiger partial charge in [0.15, 0.2) is 11.5 Å². The third-order valence-corrected chi connectivity index (χ3v) is 7.20. The Kier molecular flexibility index (Phi) is 6.33. The Bertz CT molecular complexity index is 1660. The summed E-state index contributed by atoms with van der Waals surface area (Å²) < 4.78 is 7.33. The van der Waals surface area contributed by atoms with Crippen molar-refractivity contribution in [1.29, 1.82) is 0 Å². The number of hydrogen-bond donors (Lipinski definition) is 0. The van der Waals surface area contributed by atoms with Crippen LogP contribution in [0.4, 0.5) is 5.95 Å². The van der Waals surface area contributed by atoms with Crippen LogP contribution in [0.3, 0.4) is 0 Å². The number of aryl methyl sites for hydroxylation is 1. The van der Waals surface area contributed by atoms with Gasteiger partial charge in [-0.1, -0.05) is 47.5 Å².